The number of thioether (sulfide) groups is 1. The lowest BCUT2D eigenvalue weighted by molar-refractivity contribution is 1.18. The number of guanidine groups is 1. The van der Waals surface area contributed by atoms with E-state index in [1.54, 1.807) is 6.20 Å². The largest absolute Gasteiger partial charge is 0.370 e. The number of hydrogen-bond acceptors (Lipinski definition) is 3. The van der Waals surface area contributed by atoms with Gasteiger partial charge in [-0.2, -0.15) is 4.99 Å². The summed E-state index contributed by atoms with van der Waals surface area (Å²) < 4.78 is 0. The van der Waals surface area contributed by atoms with E-state index < -0.39 is 0 Å². The molecule has 0 amide bonds. The second-order valence-corrected chi connectivity index (χ2v) is 3.42. The molecular weight excluding hydrogens is 198 g/mol. The van der Waals surface area contributed by atoms with Crippen molar-refractivity contribution in [1.82, 2.24) is 4.98 Å². The maximum Gasteiger partial charge on any atom is 0.193 e. The van der Waals surface area contributed by atoms with Crippen LogP contribution in [0.15, 0.2) is 29.4 Å². The van der Waals surface area contributed by atoms with E-state index in [1.807, 2.05) is 18.2 Å². The predicted octanol–water partition coefficient (Wildman–Crippen LogP) is 0.523. The summed E-state index contributed by atoms with van der Waals surface area (Å²) in [5.41, 5.74) is 11.1. The molecule has 0 aliphatic heterocycles. The van der Waals surface area contributed by atoms with Gasteiger partial charge >= 0.3 is 0 Å². The van der Waals surface area contributed by atoms with E-state index in [9.17, 15) is 0 Å². The van der Waals surface area contributed by atoms with Crippen LogP contribution in [0.25, 0.3) is 0 Å². The first-order valence-electron chi connectivity index (χ1n) is 3.89. The van der Waals surface area contributed by atoms with Gasteiger partial charge in [0.05, 0.1) is 5.69 Å². The third kappa shape index (κ3) is 3.90. The molecule has 0 spiro atoms. The molecule has 5 nitrogen and oxygen atoms in total. The molecule has 0 saturated heterocycles. The standard InChI is InChI=1S/C8H11N5S/c9-7(10)13-8(11)14-5-6-3-1-2-4-12-6/h1-4H,5H2,(H5,9,10,11,13). The molecule has 14 heavy (non-hydrogen) atoms. The van der Waals surface area contributed by atoms with E-state index in [1.165, 1.54) is 11.8 Å². The Morgan fingerprint density at radius 1 is 1.50 bits per heavy atom. The summed E-state index contributed by atoms with van der Waals surface area (Å²) in [6, 6.07) is 5.62. The molecule has 0 fully saturated rings. The number of amidine groups is 1. The minimum atomic E-state index is -0.0940. The average Bonchev–Trinajstić information content (AvgIpc) is 2.15. The molecule has 6 heteroatoms. The lowest BCUT2D eigenvalue weighted by atomic mass is 10.4. The first-order chi connectivity index (χ1) is 6.68. The molecule has 0 bridgehead atoms. The van der Waals surface area contributed by atoms with Gasteiger partial charge in [0, 0.05) is 11.9 Å². The minimum Gasteiger partial charge on any atom is -0.370 e. The second kappa shape index (κ2) is 5.23. The monoisotopic (exact) mass is 209 g/mol. The fraction of sp³-hybridized carbons (Fsp3) is 0.125. The van der Waals surface area contributed by atoms with Crippen molar-refractivity contribution in [3.8, 4) is 0 Å². The van der Waals surface area contributed by atoms with Crippen LogP contribution in [0.1, 0.15) is 5.69 Å². The molecule has 1 aromatic heterocycles. The summed E-state index contributed by atoms with van der Waals surface area (Å²) in [4.78, 5) is 7.68. The quantitative estimate of drug-likeness (QED) is 0.488. The topological polar surface area (TPSA) is 101 Å². The second-order valence-electron chi connectivity index (χ2n) is 2.45. The van der Waals surface area contributed by atoms with Crippen molar-refractivity contribution in [3.63, 3.8) is 0 Å². The zero-order valence-corrected chi connectivity index (χ0v) is 8.29. The van der Waals surface area contributed by atoms with E-state index in [4.69, 9.17) is 16.9 Å². The molecule has 0 radical (unpaired) electrons. The van der Waals surface area contributed by atoms with Gasteiger partial charge in [-0.15, -0.1) is 0 Å². The van der Waals surface area contributed by atoms with Crippen LogP contribution < -0.4 is 11.5 Å². The number of nitrogens with zero attached hydrogens (tertiary/aromatic N) is 2. The number of aliphatic imine (C=N–C) groups is 1. The fourth-order valence-corrected chi connectivity index (χ4v) is 1.40. The molecule has 0 saturated carbocycles. The molecule has 0 aromatic carbocycles. The van der Waals surface area contributed by atoms with E-state index in [0.717, 1.165) is 5.69 Å². The van der Waals surface area contributed by atoms with Gasteiger partial charge in [0.2, 0.25) is 0 Å². The van der Waals surface area contributed by atoms with E-state index in [2.05, 4.69) is 9.98 Å². The van der Waals surface area contributed by atoms with Crippen LogP contribution in [0.3, 0.4) is 0 Å². The smallest absolute Gasteiger partial charge is 0.193 e. The maximum absolute atomic E-state index is 7.36. The Bertz CT molecular complexity index is 331. The highest BCUT2D eigenvalue weighted by Gasteiger charge is 1.98. The summed E-state index contributed by atoms with van der Waals surface area (Å²) in [5.74, 6) is 0.500. The van der Waals surface area contributed by atoms with Crippen molar-refractivity contribution >= 4 is 22.9 Å². The highest BCUT2D eigenvalue weighted by molar-refractivity contribution is 8.13. The Morgan fingerprint density at radius 2 is 2.29 bits per heavy atom. The average molecular weight is 209 g/mol. The summed E-state index contributed by atoms with van der Waals surface area (Å²) in [6.07, 6.45) is 1.71. The number of pyridine rings is 1. The summed E-state index contributed by atoms with van der Waals surface area (Å²) in [6.45, 7) is 0. The summed E-state index contributed by atoms with van der Waals surface area (Å²) in [7, 11) is 0. The fourth-order valence-electron chi connectivity index (χ4n) is 0.775. The number of aromatic nitrogens is 1. The van der Waals surface area contributed by atoms with Crippen LogP contribution in [0.2, 0.25) is 0 Å². The summed E-state index contributed by atoms with van der Waals surface area (Å²) in [5, 5.41) is 7.45. The third-order valence-electron chi connectivity index (χ3n) is 1.31. The molecule has 74 valence electrons. The van der Waals surface area contributed by atoms with Crippen LogP contribution in [0, 0.1) is 5.41 Å². The van der Waals surface area contributed by atoms with Crippen molar-refractivity contribution < 1.29 is 0 Å². The SMILES string of the molecule is N=C(N=C(N)N)SCc1ccccn1. The Hall–Kier alpha value is -1.56. The van der Waals surface area contributed by atoms with E-state index in [0.29, 0.717) is 5.75 Å². The lowest BCUT2D eigenvalue weighted by Gasteiger charge is -1.98. The lowest BCUT2D eigenvalue weighted by Crippen LogP contribution is -2.23. The zero-order chi connectivity index (χ0) is 10.4. The molecular formula is C8H11N5S. The first-order valence-corrected chi connectivity index (χ1v) is 4.88. The molecule has 0 atom stereocenters. The van der Waals surface area contributed by atoms with Gasteiger partial charge in [0.1, 0.15) is 0 Å². The highest BCUT2D eigenvalue weighted by Crippen LogP contribution is 2.10. The van der Waals surface area contributed by atoms with Crippen molar-refractivity contribution in [2.24, 2.45) is 16.5 Å². The van der Waals surface area contributed by atoms with E-state index >= 15 is 0 Å². The van der Waals surface area contributed by atoms with Crippen LogP contribution in [0.5, 0.6) is 0 Å². The van der Waals surface area contributed by atoms with Gasteiger partial charge in [-0.3, -0.25) is 10.4 Å². The number of hydrogen-bond donors (Lipinski definition) is 3. The molecule has 0 aliphatic carbocycles. The normalized spacial score (nSPS) is 9.43. The Balaban J connectivity index is 2.42. The van der Waals surface area contributed by atoms with Crippen LogP contribution >= 0.6 is 11.8 Å². The van der Waals surface area contributed by atoms with Crippen LogP contribution in [-0.4, -0.2) is 16.1 Å². The Kier molecular flexibility index (Phi) is 3.93. The van der Waals surface area contributed by atoms with Crippen LogP contribution in [0.4, 0.5) is 0 Å². The highest BCUT2D eigenvalue weighted by atomic mass is 32.2. The molecule has 0 aliphatic rings. The summed E-state index contributed by atoms with van der Waals surface area (Å²) >= 11 is 1.23. The molecule has 1 heterocycles. The Labute approximate surface area is 86.1 Å². The third-order valence-corrected chi connectivity index (χ3v) is 2.12. The van der Waals surface area contributed by atoms with Crippen molar-refractivity contribution in [3.05, 3.63) is 30.1 Å². The molecule has 1 aromatic rings. The molecule has 5 N–H and O–H groups in total. The van der Waals surface area contributed by atoms with Crippen molar-refractivity contribution in [2.45, 2.75) is 5.75 Å². The van der Waals surface area contributed by atoms with Gasteiger partial charge in [0.25, 0.3) is 0 Å². The van der Waals surface area contributed by atoms with Gasteiger partial charge < -0.3 is 11.5 Å². The zero-order valence-electron chi connectivity index (χ0n) is 7.47. The predicted molar refractivity (Wildman–Crippen MR) is 59.1 cm³/mol. The number of rotatable bonds is 2. The van der Waals surface area contributed by atoms with Gasteiger partial charge in [-0.25, -0.2) is 0 Å². The van der Waals surface area contributed by atoms with Crippen LogP contribution in [-0.2, 0) is 5.75 Å². The van der Waals surface area contributed by atoms with Crippen molar-refractivity contribution in [1.29, 1.82) is 5.41 Å². The van der Waals surface area contributed by atoms with Gasteiger partial charge in [0.15, 0.2) is 11.1 Å². The minimum absolute atomic E-state index is 0.0932. The molecule has 0 unspecified atom stereocenters. The molecule has 1 rings (SSSR count). The number of nitrogens with one attached hydrogen (secondary N) is 1. The van der Waals surface area contributed by atoms with Gasteiger partial charge in [-0.1, -0.05) is 17.8 Å². The number of nitrogens with two attached hydrogens (primary N) is 2. The van der Waals surface area contributed by atoms with E-state index in [-0.39, 0.29) is 11.1 Å². The van der Waals surface area contributed by atoms with Crippen molar-refractivity contribution in [2.75, 3.05) is 0 Å². The Morgan fingerprint density at radius 3 is 2.86 bits per heavy atom. The maximum atomic E-state index is 7.36. The van der Waals surface area contributed by atoms with Gasteiger partial charge in [-0.05, 0) is 12.1 Å². The first kappa shape index (κ1) is 10.5.